The van der Waals surface area contributed by atoms with Crippen LogP contribution in [-0.2, 0) is 14.8 Å². The highest BCUT2D eigenvalue weighted by atomic mass is 35.5. The Labute approximate surface area is 192 Å². The third-order valence-electron chi connectivity index (χ3n) is 4.36. The standard InChI is InChI=1S/C23H23ClN2O5S/c1-3-30-20-9-5-19(6-10-20)26-32(28,29)21-11-7-18(8-12-21)25-23(27)15-31-22-13-4-17(24)14-16(22)2/h4-14,26H,3,15H2,1-2H3,(H,25,27). The zero-order valence-electron chi connectivity index (χ0n) is 17.6. The summed E-state index contributed by atoms with van der Waals surface area (Å²) in [7, 11) is -3.78. The first-order valence-electron chi connectivity index (χ1n) is 9.81. The molecule has 0 fully saturated rings. The van der Waals surface area contributed by atoms with Crippen molar-refractivity contribution in [1.82, 2.24) is 0 Å². The van der Waals surface area contributed by atoms with E-state index >= 15 is 0 Å². The van der Waals surface area contributed by atoms with Gasteiger partial charge in [0.15, 0.2) is 6.61 Å². The van der Waals surface area contributed by atoms with Crippen LogP contribution in [0.2, 0.25) is 5.02 Å². The molecule has 32 heavy (non-hydrogen) atoms. The summed E-state index contributed by atoms with van der Waals surface area (Å²) < 4.78 is 38.6. The van der Waals surface area contributed by atoms with Crippen molar-refractivity contribution in [2.45, 2.75) is 18.7 Å². The molecule has 0 aliphatic rings. The first-order valence-corrected chi connectivity index (χ1v) is 11.7. The number of aryl methyl sites for hydroxylation is 1. The number of halogens is 1. The number of rotatable bonds is 9. The number of hydrogen-bond donors (Lipinski definition) is 2. The van der Waals surface area contributed by atoms with Crippen LogP contribution in [0.25, 0.3) is 0 Å². The Bertz CT molecular complexity index is 1180. The molecular weight excluding hydrogens is 452 g/mol. The van der Waals surface area contributed by atoms with E-state index in [2.05, 4.69) is 10.0 Å². The lowest BCUT2D eigenvalue weighted by Gasteiger charge is -2.11. The van der Waals surface area contributed by atoms with Crippen LogP contribution < -0.4 is 19.5 Å². The zero-order valence-corrected chi connectivity index (χ0v) is 19.2. The van der Waals surface area contributed by atoms with E-state index < -0.39 is 10.0 Å². The molecule has 7 nitrogen and oxygen atoms in total. The van der Waals surface area contributed by atoms with Crippen molar-refractivity contribution in [3.05, 3.63) is 77.3 Å². The maximum absolute atomic E-state index is 12.6. The van der Waals surface area contributed by atoms with Gasteiger partial charge in [0, 0.05) is 16.4 Å². The second-order valence-corrected chi connectivity index (χ2v) is 8.95. The number of nitrogens with one attached hydrogen (secondary N) is 2. The maximum atomic E-state index is 12.6. The number of anilines is 2. The fourth-order valence-electron chi connectivity index (χ4n) is 2.83. The van der Waals surface area contributed by atoms with Gasteiger partial charge in [-0.15, -0.1) is 0 Å². The molecular formula is C23H23ClN2O5S. The molecule has 1 amide bonds. The van der Waals surface area contributed by atoms with Crippen LogP contribution in [0.3, 0.4) is 0 Å². The summed E-state index contributed by atoms with van der Waals surface area (Å²) in [5.74, 6) is 0.847. The number of sulfonamides is 1. The van der Waals surface area contributed by atoms with Crippen molar-refractivity contribution < 1.29 is 22.7 Å². The van der Waals surface area contributed by atoms with E-state index in [9.17, 15) is 13.2 Å². The van der Waals surface area contributed by atoms with Gasteiger partial charge in [0.25, 0.3) is 15.9 Å². The van der Waals surface area contributed by atoms with Crippen LogP contribution in [-0.4, -0.2) is 27.5 Å². The summed E-state index contributed by atoms with van der Waals surface area (Å²) in [5.41, 5.74) is 1.69. The molecule has 0 atom stereocenters. The molecule has 0 aliphatic carbocycles. The summed E-state index contributed by atoms with van der Waals surface area (Å²) in [6.45, 7) is 4.04. The highest BCUT2D eigenvalue weighted by Gasteiger charge is 2.15. The number of ether oxygens (including phenoxy) is 2. The van der Waals surface area contributed by atoms with Crippen molar-refractivity contribution in [2.24, 2.45) is 0 Å². The van der Waals surface area contributed by atoms with Gasteiger partial charge in [-0.3, -0.25) is 9.52 Å². The van der Waals surface area contributed by atoms with E-state index in [0.29, 0.717) is 34.5 Å². The van der Waals surface area contributed by atoms with E-state index in [1.165, 1.54) is 24.3 Å². The maximum Gasteiger partial charge on any atom is 0.262 e. The first kappa shape index (κ1) is 23.4. The lowest BCUT2D eigenvalue weighted by molar-refractivity contribution is -0.118. The van der Waals surface area contributed by atoms with Crippen molar-refractivity contribution in [1.29, 1.82) is 0 Å². The van der Waals surface area contributed by atoms with Crippen molar-refractivity contribution >= 4 is 38.9 Å². The molecule has 0 saturated heterocycles. The normalized spacial score (nSPS) is 11.0. The molecule has 3 aromatic carbocycles. The fourth-order valence-corrected chi connectivity index (χ4v) is 4.12. The summed E-state index contributed by atoms with van der Waals surface area (Å²) in [5, 5.41) is 3.26. The van der Waals surface area contributed by atoms with Crippen molar-refractivity contribution in [2.75, 3.05) is 23.3 Å². The average molecular weight is 475 g/mol. The molecule has 3 aromatic rings. The van der Waals surface area contributed by atoms with E-state index in [1.807, 2.05) is 13.8 Å². The van der Waals surface area contributed by atoms with Crippen molar-refractivity contribution in [3.8, 4) is 11.5 Å². The Kier molecular flexibility index (Phi) is 7.61. The molecule has 0 aromatic heterocycles. The minimum Gasteiger partial charge on any atom is -0.494 e. The molecule has 0 bridgehead atoms. The number of carbonyl (C=O) groups excluding carboxylic acids is 1. The molecule has 0 unspecified atom stereocenters. The molecule has 3 rings (SSSR count). The lowest BCUT2D eigenvalue weighted by Crippen LogP contribution is -2.20. The van der Waals surface area contributed by atoms with E-state index in [4.69, 9.17) is 21.1 Å². The Balaban J connectivity index is 1.57. The summed E-state index contributed by atoms with van der Waals surface area (Å²) in [6.07, 6.45) is 0. The van der Waals surface area contributed by atoms with Gasteiger partial charge in [-0.2, -0.15) is 0 Å². The Morgan fingerprint density at radius 1 is 0.938 bits per heavy atom. The van der Waals surface area contributed by atoms with Gasteiger partial charge in [-0.1, -0.05) is 11.6 Å². The second-order valence-electron chi connectivity index (χ2n) is 6.83. The van der Waals surface area contributed by atoms with E-state index in [1.54, 1.807) is 42.5 Å². The molecule has 9 heteroatoms. The van der Waals surface area contributed by atoms with Crippen LogP contribution >= 0.6 is 11.6 Å². The third kappa shape index (κ3) is 6.38. The van der Waals surface area contributed by atoms with Gasteiger partial charge < -0.3 is 14.8 Å². The van der Waals surface area contributed by atoms with E-state index in [0.717, 1.165) is 5.56 Å². The molecule has 0 radical (unpaired) electrons. The quantitative estimate of drug-likeness (QED) is 0.461. The van der Waals surface area contributed by atoms with Crippen LogP contribution in [0, 0.1) is 6.92 Å². The van der Waals surface area contributed by atoms with Gasteiger partial charge in [0.1, 0.15) is 11.5 Å². The molecule has 0 spiro atoms. The number of amides is 1. The summed E-state index contributed by atoms with van der Waals surface area (Å²) in [6, 6.07) is 17.6. The van der Waals surface area contributed by atoms with Gasteiger partial charge in [-0.25, -0.2) is 8.42 Å². The Morgan fingerprint density at radius 2 is 1.59 bits per heavy atom. The predicted octanol–water partition coefficient (Wildman–Crippen LogP) is 4.87. The monoisotopic (exact) mass is 474 g/mol. The first-order chi connectivity index (χ1) is 15.3. The lowest BCUT2D eigenvalue weighted by atomic mass is 10.2. The van der Waals surface area contributed by atoms with Crippen LogP contribution in [0.4, 0.5) is 11.4 Å². The highest BCUT2D eigenvalue weighted by Crippen LogP contribution is 2.23. The number of hydrogen-bond acceptors (Lipinski definition) is 5. The summed E-state index contributed by atoms with van der Waals surface area (Å²) >= 11 is 5.91. The van der Waals surface area contributed by atoms with Gasteiger partial charge >= 0.3 is 0 Å². The SMILES string of the molecule is CCOc1ccc(NS(=O)(=O)c2ccc(NC(=O)COc3ccc(Cl)cc3C)cc2)cc1. The van der Waals surface area contributed by atoms with Crippen LogP contribution in [0.15, 0.2) is 71.6 Å². The smallest absolute Gasteiger partial charge is 0.262 e. The van der Waals surface area contributed by atoms with Crippen LogP contribution in [0.1, 0.15) is 12.5 Å². The largest absolute Gasteiger partial charge is 0.494 e. The molecule has 2 N–H and O–H groups in total. The van der Waals surface area contributed by atoms with Crippen molar-refractivity contribution in [3.63, 3.8) is 0 Å². The molecule has 0 heterocycles. The average Bonchev–Trinajstić information content (AvgIpc) is 2.75. The molecule has 0 saturated carbocycles. The molecule has 0 aliphatic heterocycles. The highest BCUT2D eigenvalue weighted by molar-refractivity contribution is 7.92. The second kappa shape index (κ2) is 10.4. The Morgan fingerprint density at radius 3 is 2.22 bits per heavy atom. The van der Waals surface area contributed by atoms with Gasteiger partial charge in [-0.05, 0) is 86.1 Å². The zero-order chi connectivity index (χ0) is 23.1. The predicted molar refractivity (Wildman–Crippen MR) is 125 cm³/mol. The third-order valence-corrected chi connectivity index (χ3v) is 5.99. The minimum atomic E-state index is -3.78. The van der Waals surface area contributed by atoms with Crippen LogP contribution in [0.5, 0.6) is 11.5 Å². The number of carbonyl (C=O) groups is 1. The topological polar surface area (TPSA) is 93.7 Å². The minimum absolute atomic E-state index is 0.0671. The fraction of sp³-hybridized carbons (Fsp3) is 0.174. The molecule has 168 valence electrons. The Hall–Kier alpha value is -3.23. The van der Waals surface area contributed by atoms with E-state index in [-0.39, 0.29) is 17.4 Å². The summed E-state index contributed by atoms with van der Waals surface area (Å²) in [4.78, 5) is 12.2. The number of benzene rings is 3. The van der Waals surface area contributed by atoms with Gasteiger partial charge in [0.05, 0.1) is 11.5 Å². The van der Waals surface area contributed by atoms with Gasteiger partial charge in [0.2, 0.25) is 0 Å².